The molecule has 0 fully saturated rings. The van der Waals surface area contributed by atoms with E-state index in [2.05, 4.69) is 49.4 Å². The lowest BCUT2D eigenvalue weighted by molar-refractivity contribution is 0.0773. The van der Waals surface area contributed by atoms with E-state index in [4.69, 9.17) is 4.98 Å². The molecule has 0 aliphatic heterocycles. The van der Waals surface area contributed by atoms with Crippen LogP contribution < -0.4 is 0 Å². The zero-order valence-electron chi connectivity index (χ0n) is 17.0. The quantitative estimate of drug-likeness (QED) is 0.659. The summed E-state index contributed by atoms with van der Waals surface area (Å²) >= 11 is 0. The molecule has 27 heavy (non-hydrogen) atoms. The van der Waals surface area contributed by atoms with Gasteiger partial charge >= 0.3 is 0 Å². The molecule has 0 saturated heterocycles. The first-order valence-electron chi connectivity index (χ1n) is 9.69. The lowest BCUT2D eigenvalue weighted by atomic mass is 9.89. The zero-order chi connectivity index (χ0) is 19.6. The van der Waals surface area contributed by atoms with E-state index in [9.17, 15) is 4.79 Å². The van der Waals surface area contributed by atoms with E-state index in [0.29, 0.717) is 18.7 Å². The SMILES string of the molecule is CCN(CC)C(=O)c1ccn2c(Cc3ccccc3)c(C(C)(C)C)nc2c1. The van der Waals surface area contributed by atoms with Gasteiger partial charge in [-0.15, -0.1) is 0 Å². The van der Waals surface area contributed by atoms with Crippen LogP contribution in [0.25, 0.3) is 5.65 Å². The summed E-state index contributed by atoms with van der Waals surface area (Å²) in [5, 5.41) is 0. The maximum absolute atomic E-state index is 12.7. The Balaban J connectivity index is 2.09. The van der Waals surface area contributed by atoms with Crippen molar-refractivity contribution in [3.05, 3.63) is 71.2 Å². The molecule has 2 aromatic heterocycles. The lowest BCUT2D eigenvalue weighted by Gasteiger charge is -2.18. The Kier molecular flexibility index (Phi) is 5.36. The van der Waals surface area contributed by atoms with Crippen LogP contribution >= 0.6 is 0 Å². The van der Waals surface area contributed by atoms with Crippen molar-refractivity contribution in [2.75, 3.05) is 13.1 Å². The van der Waals surface area contributed by atoms with Crippen LogP contribution in [-0.2, 0) is 11.8 Å². The molecule has 0 bridgehead atoms. The largest absolute Gasteiger partial charge is 0.339 e. The molecule has 4 heteroatoms. The van der Waals surface area contributed by atoms with Crippen LogP contribution in [-0.4, -0.2) is 33.3 Å². The summed E-state index contributed by atoms with van der Waals surface area (Å²) in [4.78, 5) is 19.5. The minimum Gasteiger partial charge on any atom is -0.339 e. The molecule has 3 rings (SSSR count). The van der Waals surface area contributed by atoms with E-state index in [1.165, 1.54) is 11.3 Å². The first-order valence-corrected chi connectivity index (χ1v) is 9.69. The Hall–Kier alpha value is -2.62. The number of amides is 1. The highest BCUT2D eigenvalue weighted by atomic mass is 16.2. The predicted molar refractivity (Wildman–Crippen MR) is 110 cm³/mol. The van der Waals surface area contributed by atoms with Crippen LogP contribution in [0.1, 0.15) is 61.9 Å². The number of carbonyl (C=O) groups is 1. The van der Waals surface area contributed by atoms with Gasteiger partial charge in [0, 0.05) is 36.7 Å². The van der Waals surface area contributed by atoms with Gasteiger partial charge in [-0.1, -0.05) is 51.1 Å². The number of fused-ring (bicyclic) bond motifs is 1. The number of aromatic nitrogens is 2. The number of benzene rings is 1. The van der Waals surface area contributed by atoms with E-state index < -0.39 is 0 Å². The van der Waals surface area contributed by atoms with Gasteiger partial charge in [0.05, 0.1) is 11.4 Å². The number of pyridine rings is 1. The van der Waals surface area contributed by atoms with Gasteiger partial charge in [0.15, 0.2) is 0 Å². The second kappa shape index (κ2) is 7.55. The number of nitrogens with zero attached hydrogens (tertiary/aromatic N) is 3. The van der Waals surface area contributed by atoms with E-state index in [0.717, 1.165) is 17.8 Å². The van der Waals surface area contributed by atoms with E-state index in [1.54, 1.807) is 0 Å². The maximum atomic E-state index is 12.7. The topological polar surface area (TPSA) is 37.6 Å². The Labute approximate surface area is 161 Å². The van der Waals surface area contributed by atoms with Gasteiger partial charge in [-0.2, -0.15) is 0 Å². The molecule has 4 nitrogen and oxygen atoms in total. The molecule has 0 radical (unpaired) electrons. The van der Waals surface area contributed by atoms with Crippen molar-refractivity contribution < 1.29 is 4.79 Å². The molecule has 0 saturated carbocycles. The number of hydrogen-bond acceptors (Lipinski definition) is 2. The highest BCUT2D eigenvalue weighted by Crippen LogP contribution is 2.28. The zero-order valence-corrected chi connectivity index (χ0v) is 17.0. The molecule has 142 valence electrons. The van der Waals surface area contributed by atoms with E-state index in [-0.39, 0.29) is 11.3 Å². The summed E-state index contributed by atoms with van der Waals surface area (Å²) in [6.07, 6.45) is 2.81. The molecule has 1 amide bonds. The molecule has 0 aliphatic rings. The third kappa shape index (κ3) is 3.90. The number of carbonyl (C=O) groups excluding carboxylic acids is 1. The van der Waals surface area contributed by atoms with Gasteiger partial charge in [-0.25, -0.2) is 4.98 Å². The fourth-order valence-electron chi connectivity index (χ4n) is 3.48. The van der Waals surface area contributed by atoms with Crippen molar-refractivity contribution in [2.24, 2.45) is 0 Å². The van der Waals surface area contributed by atoms with Gasteiger partial charge in [0.25, 0.3) is 5.91 Å². The van der Waals surface area contributed by atoms with Crippen molar-refractivity contribution >= 4 is 11.6 Å². The molecule has 0 unspecified atom stereocenters. The molecule has 0 N–H and O–H groups in total. The first kappa shape index (κ1) is 19.2. The molecular formula is C23H29N3O. The highest BCUT2D eigenvalue weighted by molar-refractivity contribution is 5.95. The fourth-order valence-corrected chi connectivity index (χ4v) is 3.48. The number of rotatable bonds is 5. The molecule has 0 spiro atoms. The van der Waals surface area contributed by atoms with E-state index in [1.807, 2.05) is 43.1 Å². The van der Waals surface area contributed by atoms with Crippen LogP contribution in [0.2, 0.25) is 0 Å². The van der Waals surface area contributed by atoms with E-state index >= 15 is 0 Å². The van der Waals surface area contributed by atoms with Crippen molar-refractivity contribution in [2.45, 2.75) is 46.5 Å². The predicted octanol–water partition coefficient (Wildman–Crippen LogP) is 4.70. The highest BCUT2D eigenvalue weighted by Gasteiger charge is 2.24. The van der Waals surface area contributed by atoms with Crippen molar-refractivity contribution in [3.8, 4) is 0 Å². The molecular weight excluding hydrogens is 334 g/mol. The third-order valence-corrected chi connectivity index (χ3v) is 4.95. The molecule has 2 heterocycles. The Morgan fingerprint density at radius 2 is 1.74 bits per heavy atom. The molecule has 0 atom stereocenters. The summed E-state index contributed by atoms with van der Waals surface area (Å²) in [5.41, 5.74) is 4.99. The molecule has 1 aromatic carbocycles. The molecule has 3 aromatic rings. The summed E-state index contributed by atoms with van der Waals surface area (Å²) < 4.78 is 2.13. The van der Waals surface area contributed by atoms with Crippen molar-refractivity contribution in [3.63, 3.8) is 0 Å². The van der Waals surface area contributed by atoms with Gasteiger partial charge < -0.3 is 9.30 Å². The summed E-state index contributed by atoms with van der Waals surface area (Å²) in [5.74, 6) is 0.0624. The van der Waals surface area contributed by atoms with Crippen LogP contribution in [0, 0.1) is 0 Å². The second-order valence-electron chi connectivity index (χ2n) is 7.94. The van der Waals surface area contributed by atoms with Gasteiger partial charge in [-0.05, 0) is 31.5 Å². The Morgan fingerprint density at radius 3 is 2.33 bits per heavy atom. The summed E-state index contributed by atoms with van der Waals surface area (Å²) in [7, 11) is 0. The van der Waals surface area contributed by atoms with Crippen LogP contribution in [0.15, 0.2) is 48.7 Å². The van der Waals surface area contributed by atoms with Gasteiger partial charge in [0.2, 0.25) is 0 Å². The van der Waals surface area contributed by atoms with Crippen molar-refractivity contribution in [1.29, 1.82) is 0 Å². The normalized spacial score (nSPS) is 11.7. The monoisotopic (exact) mass is 363 g/mol. The van der Waals surface area contributed by atoms with Gasteiger partial charge in [0.1, 0.15) is 5.65 Å². The van der Waals surface area contributed by atoms with Gasteiger partial charge in [-0.3, -0.25) is 4.79 Å². The van der Waals surface area contributed by atoms with Crippen LogP contribution in [0.5, 0.6) is 0 Å². The number of hydrogen-bond donors (Lipinski definition) is 0. The van der Waals surface area contributed by atoms with Crippen LogP contribution in [0.4, 0.5) is 0 Å². The number of imidazole rings is 1. The standard InChI is InChI=1S/C23H29N3O/c1-6-25(7-2)22(27)18-13-14-26-19(15-17-11-9-8-10-12-17)21(23(3,4)5)24-20(26)16-18/h8-14,16H,6-7,15H2,1-5H3. The third-order valence-electron chi connectivity index (χ3n) is 4.95. The smallest absolute Gasteiger partial charge is 0.254 e. The minimum absolute atomic E-state index is 0.0624. The van der Waals surface area contributed by atoms with Crippen molar-refractivity contribution in [1.82, 2.24) is 14.3 Å². The lowest BCUT2D eigenvalue weighted by Crippen LogP contribution is -2.30. The average molecular weight is 364 g/mol. The summed E-state index contributed by atoms with van der Waals surface area (Å²) in [6.45, 7) is 12.0. The summed E-state index contributed by atoms with van der Waals surface area (Å²) in [6, 6.07) is 14.3. The fraction of sp³-hybridized carbons (Fsp3) is 0.391. The average Bonchev–Trinajstić information content (AvgIpc) is 3.01. The first-order chi connectivity index (χ1) is 12.8. The van der Waals surface area contributed by atoms with Crippen LogP contribution in [0.3, 0.4) is 0 Å². The maximum Gasteiger partial charge on any atom is 0.254 e. The minimum atomic E-state index is -0.0703. The molecule has 0 aliphatic carbocycles. The Bertz CT molecular complexity index is 931. The second-order valence-corrected chi connectivity index (χ2v) is 7.94. The Morgan fingerprint density at radius 1 is 1.07 bits per heavy atom.